The average Bonchev–Trinajstić information content (AvgIpc) is 3.03. The van der Waals surface area contributed by atoms with Gasteiger partial charge in [-0.2, -0.15) is 5.10 Å². The highest BCUT2D eigenvalue weighted by Gasteiger charge is 2.03. The number of benzene rings is 1. The minimum Gasteiger partial charge on any atom is -0.370 e. The van der Waals surface area contributed by atoms with Crippen LogP contribution < -0.4 is 4.90 Å². The largest absolute Gasteiger partial charge is 0.370 e. The number of hydrogen-bond acceptors (Lipinski definition) is 3. The molecule has 0 unspecified atom stereocenters. The van der Waals surface area contributed by atoms with Gasteiger partial charge < -0.3 is 4.90 Å². The van der Waals surface area contributed by atoms with E-state index in [0.717, 1.165) is 17.9 Å². The average molecular weight is 264 g/mol. The van der Waals surface area contributed by atoms with E-state index in [2.05, 4.69) is 46.3 Å². The Morgan fingerprint density at radius 1 is 1.05 bits per heavy atom. The fraction of sp³-hybridized carbons (Fsp3) is 0.125. The molecule has 1 aromatic carbocycles. The highest BCUT2D eigenvalue weighted by atomic mass is 15.3. The van der Waals surface area contributed by atoms with E-state index < -0.39 is 0 Å². The number of aromatic nitrogens is 3. The quantitative estimate of drug-likeness (QED) is 0.726. The number of hydrogen-bond donors (Lipinski definition) is 0. The van der Waals surface area contributed by atoms with Gasteiger partial charge >= 0.3 is 0 Å². The zero-order valence-corrected chi connectivity index (χ0v) is 11.3. The van der Waals surface area contributed by atoms with Crippen LogP contribution in [0.25, 0.3) is 5.69 Å². The summed E-state index contributed by atoms with van der Waals surface area (Å²) in [6, 6.07) is 14.4. The van der Waals surface area contributed by atoms with E-state index in [1.807, 2.05) is 41.5 Å². The van der Waals surface area contributed by atoms with Gasteiger partial charge in [-0.25, -0.2) is 4.68 Å². The molecule has 0 fully saturated rings. The lowest BCUT2D eigenvalue weighted by Gasteiger charge is -2.19. The summed E-state index contributed by atoms with van der Waals surface area (Å²) in [5.41, 5.74) is 3.48. The molecule has 20 heavy (non-hydrogen) atoms. The Hall–Kier alpha value is -2.62. The molecule has 2 aromatic heterocycles. The summed E-state index contributed by atoms with van der Waals surface area (Å²) in [7, 11) is 2.08. The zero-order valence-electron chi connectivity index (χ0n) is 11.3. The lowest BCUT2D eigenvalue weighted by atomic mass is 10.2. The molecule has 3 aromatic rings. The van der Waals surface area contributed by atoms with Crippen molar-refractivity contribution in [3.05, 3.63) is 72.8 Å². The van der Waals surface area contributed by atoms with Crippen LogP contribution in [0.1, 0.15) is 5.56 Å². The standard InChI is InChI=1S/C16H16N4/c1-19(15-6-9-17-10-7-15)13-14-4-2-5-16(12-14)20-11-3-8-18-20/h2-12H,13H2,1H3. The Bertz CT molecular complexity index is 662. The van der Waals surface area contributed by atoms with Crippen molar-refractivity contribution in [3.8, 4) is 5.69 Å². The van der Waals surface area contributed by atoms with Crippen molar-refractivity contribution in [2.75, 3.05) is 11.9 Å². The summed E-state index contributed by atoms with van der Waals surface area (Å²) in [4.78, 5) is 6.24. The topological polar surface area (TPSA) is 34.0 Å². The number of rotatable bonds is 4. The van der Waals surface area contributed by atoms with E-state index in [9.17, 15) is 0 Å². The van der Waals surface area contributed by atoms with Gasteiger partial charge in [-0.15, -0.1) is 0 Å². The zero-order chi connectivity index (χ0) is 13.8. The third kappa shape index (κ3) is 2.69. The molecule has 4 heteroatoms. The smallest absolute Gasteiger partial charge is 0.0648 e. The van der Waals surface area contributed by atoms with Gasteiger partial charge in [0.25, 0.3) is 0 Å². The molecule has 0 aliphatic carbocycles. The predicted molar refractivity (Wildman–Crippen MR) is 79.9 cm³/mol. The Balaban J connectivity index is 1.80. The van der Waals surface area contributed by atoms with E-state index in [1.165, 1.54) is 5.56 Å². The first-order valence-electron chi connectivity index (χ1n) is 6.53. The minimum absolute atomic E-state index is 0.846. The normalized spacial score (nSPS) is 10.4. The van der Waals surface area contributed by atoms with Gasteiger partial charge in [-0.3, -0.25) is 4.98 Å². The SMILES string of the molecule is CN(Cc1cccc(-n2cccn2)c1)c1ccncc1. The van der Waals surface area contributed by atoms with Gasteiger partial charge in [0.05, 0.1) is 5.69 Å². The highest BCUT2D eigenvalue weighted by molar-refractivity contribution is 5.45. The van der Waals surface area contributed by atoms with Crippen molar-refractivity contribution in [2.45, 2.75) is 6.54 Å². The molecule has 0 spiro atoms. The fourth-order valence-corrected chi connectivity index (χ4v) is 2.18. The Kier molecular flexibility index (Phi) is 3.46. The van der Waals surface area contributed by atoms with Crippen LogP contribution >= 0.6 is 0 Å². The maximum Gasteiger partial charge on any atom is 0.0648 e. The van der Waals surface area contributed by atoms with E-state index in [1.54, 1.807) is 6.20 Å². The molecule has 0 radical (unpaired) electrons. The summed E-state index contributed by atoms with van der Waals surface area (Å²) in [5, 5.41) is 4.26. The maximum absolute atomic E-state index is 4.26. The number of pyridine rings is 1. The summed E-state index contributed by atoms with van der Waals surface area (Å²) in [5.74, 6) is 0. The second-order valence-corrected chi connectivity index (χ2v) is 4.68. The van der Waals surface area contributed by atoms with Crippen molar-refractivity contribution in [1.29, 1.82) is 0 Å². The van der Waals surface area contributed by atoms with Crippen LogP contribution in [0.5, 0.6) is 0 Å². The molecule has 0 atom stereocenters. The van der Waals surface area contributed by atoms with Crippen molar-refractivity contribution in [2.24, 2.45) is 0 Å². The van der Waals surface area contributed by atoms with Gasteiger partial charge in [0, 0.05) is 44.1 Å². The summed E-state index contributed by atoms with van der Waals surface area (Å²) in [6.07, 6.45) is 7.36. The monoisotopic (exact) mass is 264 g/mol. The van der Waals surface area contributed by atoms with Gasteiger partial charge in [-0.1, -0.05) is 12.1 Å². The molecular formula is C16H16N4. The minimum atomic E-state index is 0.846. The molecule has 100 valence electrons. The van der Waals surface area contributed by atoms with Crippen LogP contribution in [0, 0.1) is 0 Å². The van der Waals surface area contributed by atoms with Crippen molar-refractivity contribution in [1.82, 2.24) is 14.8 Å². The van der Waals surface area contributed by atoms with Gasteiger partial charge in [0.15, 0.2) is 0 Å². The first kappa shape index (κ1) is 12.4. The van der Waals surface area contributed by atoms with Gasteiger partial charge in [-0.05, 0) is 35.9 Å². The van der Waals surface area contributed by atoms with E-state index >= 15 is 0 Å². The summed E-state index contributed by atoms with van der Waals surface area (Å²) < 4.78 is 1.87. The highest BCUT2D eigenvalue weighted by Crippen LogP contribution is 2.16. The molecular weight excluding hydrogens is 248 g/mol. The molecule has 4 nitrogen and oxygen atoms in total. The van der Waals surface area contributed by atoms with Crippen LogP contribution in [-0.4, -0.2) is 21.8 Å². The van der Waals surface area contributed by atoms with Crippen LogP contribution in [-0.2, 0) is 6.54 Å². The third-order valence-electron chi connectivity index (χ3n) is 3.20. The van der Waals surface area contributed by atoms with E-state index in [-0.39, 0.29) is 0 Å². The lowest BCUT2D eigenvalue weighted by Crippen LogP contribution is -2.16. The Morgan fingerprint density at radius 3 is 2.65 bits per heavy atom. The van der Waals surface area contributed by atoms with Crippen LogP contribution in [0.3, 0.4) is 0 Å². The molecule has 0 N–H and O–H groups in total. The first-order chi connectivity index (χ1) is 9.83. The molecule has 0 saturated heterocycles. The molecule has 0 bridgehead atoms. The van der Waals surface area contributed by atoms with Gasteiger partial charge in [0.2, 0.25) is 0 Å². The number of nitrogens with zero attached hydrogens (tertiary/aromatic N) is 4. The van der Waals surface area contributed by atoms with Crippen LogP contribution in [0.4, 0.5) is 5.69 Å². The van der Waals surface area contributed by atoms with Crippen molar-refractivity contribution in [3.63, 3.8) is 0 Å². The first-order valence-corrected chi connectivity index (χ1v) is 6.53. The molecule has 0 saturated carbocycles. The lowest BCUT2D eigenvalue weighted by molar-refractivity contribution is 0.869. The van der Waals surface area contributed by atoms with Crippen molar-refractivity contribution >= 4 is 5.69 Å². The molecule has 0 amide bonds. The van der Waals surface area contributed by atoms with Crippen LogP contribution in [0.2, 0.25) is 0 Å². The summed E-state index contributed by atoms with van der Waals surface area (Å²) >= 11 is 0. The van der Waals surface area contributed by atoms with Crippen LogP contribution in [0.15, 0.2) is 67.3 Å². The molecule has 2 heterocycles. The Morgan fingerprint density at radius 2 is 1.90 bits per heavy atom. The number of anilines is 1. The Labute approximate surface area is 118 Å². The molecule has 0 aliphatic heterocycles. The predicted octanol–water partition coefficient (Wildman–Crippen LogP) is 2.90. The summed E-state index contributed by atoms with van der Waals surface area (Å²) in [6.45, 7) is 0.846. The molecule has 3 rings (SSSR count). The maximum atomic E-state index is 4.26. The van der Waals surface area contributed by atoms with E-state index in [4.69, 9.17) is 0 Å². The van der Waals surface area contributed by atoms with E-state index in [0.29, 0.717) is 0 Å². The van der Waals surface area contributed by atoms with Gasteiger partial charge in [0.1, 0.15) is 0 Å². The molecule has 0 aliphatic rings. The second-order valence-electron chi connectivity index (χ2n) is 4.68. The second kappa shape index (κ2) is 5.57. The van der Waals surface area contributed by atoms with Crippen molar-refractivity contribution < 1.29 is 0 Å². The third-order valence-corrected chi connectivity index (χ3v) is 3.20. The fourth-order valence-electron chi connectivity index (χ4n) is 2.18.